The molecule has 0 amide bonds. The van der Waals surface area contributed by atoms with Crippen LogP contribution in [0.1, 0.15) is 12.8 Å². The molecule has 1 saturated carbocycles. The van der Waals surface area contributed by atoms with Gasteiger partial charge in [0.25, 0.3) is 0 Å². The Morgan fingerprint density at radius 2 is 2.30 bits per heavy atom. The lowest BCUT2D eigenvalue weighted by Gasteiger charge is -2.09. The molecule has 10 heavy (non-hydrogen) atoms. The SMILES string of the molecule is O=C(O)[C@H](CO)NC1CC1. The molecule has 0 aromatic rings. The first-order chi connectivity index (χ1) is 4.74. The first kappa shape index (κ1) is 7.50. The van der Waals surface area contributed by atoms with E-state index in [1.54, 1.807) is 0 Å². The van der Waals surface area contributed by atoms with Crippen molar-refractivity contribution in [2.45, 2.75) is 24.9 Å². The molecule has 0 aromatic heterocycles. The number of carbonyl (C=O) groups is 1. The van der Waals surface area contributed by atoms with Gasteiger partial charge in [-0.3, -0.25) is 10.1 Å². The van der Waals surface area contributed by atoms with E-state index in [9.17, 15) is 4.79 Å². The van der Waals surface area contributed by atoms with E-state index in [1.165, 1.54) is 0 Å². The molecule has 4 nitrogen and oxygen atoms in total. The largest absolute Gasteiger partial charge is 0.480 e. The smallest absolute Gasteiger partial charge is 0.323 e. The molecule has 3 N–H and O–H groups in total. The zero-order valence-electron chi connectivity index (χ0n) is 5.58. The van der Waals surface area contributed by atoms with Crippen LogP contribution in [-0.4, -0.2) is 34.9 Å². The Morgan fingerprint density at radius 1 is 1.70 bits per heavy atom. The van der Waals surface area contributed by atoms with Crippen molar-refractivity contribution in [2.75, 3.05) is 6.61 Å². The summed E-state index contributed by atoms with van der Waals surface area (Å²) in [5.74, 6) is -0.977. The lowest BCUT2D eigenvalue weighted by Crippen LogP contribution is -2.40. The molecule has 1 fully saturated rings. The topological polar surface area (TPSA) is 69.6 Å². The van der Waals surface area contributed by atoms with Crippen molar-refractivity contribution < 1.29 is 15.0 Å². The van der Waals surface area contributed by atoms with Crippen LogP contribution in [0.25, 0.3) is 0 Å². The maximum atomic E-state index is 10.3. The molecule has 1 atom stereocenters. The maximum Gasteiger partial charge on any atom is 0.323 e. The van der Waals surface area contributed by atoms with Gasteiger partial charge in [0, 0.05) is 6.04 Å². The number of hydrogen-bond donors (Lipinski definition) is 3. The van der Waals surface area contributed by atoms with Crippen LogP contribution in [0.3, 0.4) is 0 Å². The Balaban J connectivity index is 2.24. The molecule has 0 unspecified atom stereocenters. The van der Waals surface area contributed by atoms with Gasteiger partial charge in [0.05, 0.1) is 6.61 Å². The van der Waals surface area contributed by atoms with E-state index >= 15 is 0 Å². The number of nitrogens with one attached hydrogen (secondary N) is 1. The van der Waals surface area contributed by atoms with Gasteiger partial charge in [-0.2, -0.15) is 0 Å². The lowest BCUT2D eigenvalue weighted by molar-refractivity contribution is -0.140. The Bertz CT molecular complexity index is 133. The van der Waals surface area contributed by atoms with Crippen LogP contribution >= 0.6 is 0 Å². The molecule has 4 heteroatoms. The number of carboxylic acid groups (broad SMARTS) is 1. The second-order valence-electron chi connectivity index (χ2n) is 2.51. The van der Waals surface area contributed by atoms with E-state index < -0.39 is 12.0 Å². The molecule has 0 radical (unpaired) electrons. The zero-order valence-corrected chi connectivity index (χ0v) is 5.58. The molecule has 1 rings (SSSR count). The maximum absolute atomic E-state index is 10.3. The highest BCUT2D eigenvalue weighted by Gasteiger charge is 2.27. The molecule has 1 aliphatic rings. The highest BCUT2D eigenvalue weighted by molar-refractivity contribution is 5.73. The molecule has 0 spiro atoms. The van der Waals surface area contributed by atoms with Crippen molar-refractivity contribution in [1.29, 1.82) is 0 Å². The first-order valence-corrected chi connectivity index (χ1v) is 3.33. The minimum absolute atomic E-state index is 0.327. The average molecular weight is 145 g/mol. The van der Waals surface area contributed by atoms with Crippen molar-refractivity contribution in [3.05, 3.63) is 0 Å². The van der Waals surface area contributed by atoms with E-state index in [2.05, 4.69) is 5.32 Å². The van der Waals surface area contributed by atoms with E-state index in [0.29, 0.717) is 6.04 Å². The summed E-state index contributed by atoms with van der Waals surface area (Å²) < 4.78 is 0. The summed E-state index contributed by atoms with van der Waals surface area (Å²) in [7, 11) is 0. The predicted octanol–water partition coefficient (Wildman–Crippen LogP) is -0.816. The van der Waals surface area contributed by atoms with Crippen LogP contribution in [-0.2, 0) is 4.79 Å². The number of rotatable bonds is 4. The van der Waals surface area contributed by atoms with Gasteiger partial charge in [0.1, 0.15) is 6.04 Å². The van der Waals surface area contributed by atoms with E-state index in [1.807, 2.05) is 0 Å². The normalized spacial score (nSPS) is 20.5. The Morgan fingerprint density at radius 3 is 2.60 bits per heavy atom. The molecule has 0 saturated heterocycles. The first-order valence-electron chi connectivity index (χ1n) is 3.33. The third kappa shape index (κ3) is 1.97. The number of aliphatic hydroxyl groups is 1. The highest BCUT2D eigenvalue weighted by Crippen LogP contribution is 2.19. The van der Waals surface area contributed by atoms with E-state index in [0.717, 1.165) is 12.8 Å². The second-order valence-corrected chi connectivity index (χ2v) is 2.51. The van der Waals surface area contributed by atoms with Gasteiger partial charge >= 0.3 is 5.97 Å². The van der Waals surface area contributed by atoms with Gasteiger partial charge in [-0.25, -0.2) is 0 Å². The number of hydrogen-bond acceptors (Lipinski definition) is 3. The van der Waals surface area contributed by atoms with Crippen LogP contribution in [0.15, 0.2) is 0 Å². The molecular weight excluding hydrogens is 134 g/mol. The van der Waals surface area contributed by atoms with Crippen LogP contribution in [0, 0.1) is 0 Å². The van der Waals surface area contributed by atoms with Crippen LogP contribution in [0.2, 0.25) is 0 Å². The van der Waals surface area contributed by atoms with Gasteiger partial charge in [0.2, 0.25) is 0 Å². The molecule has 0 heterocycles. The zero-order chi connectivity index (χ0) is 7.56. The predicted molar refractivity (Wildman–Crippen MR) is 34.7 cm³/mol. The summed E-state index contributed by atoms with van der Waals surface area (Å²) >= 11 is 0. The van der Waals surface area contributed by atoms with Gasteiger partial charge in [-0.1, -0.05) is 0 Å². The number of aliphatic carboxylic acids is 1. The molecular formula is C6H11NO3. The number of carboxylic acids is 1. The van der Waals surface area contributed by atoms with E-state index in [-0.39, 0.29) is 6.61 Å². The molecule has 0 aromatic carbocycles. The summed E-state index contributed by atoms with van der Waals surface area (Å²) in [5, 5.41) is 19.7. The fourth-order valence-electron chi connectivity index (χ4n) is 0.737. The Hall–Kier alpha value is -0.610. The van der Waals surface area contributed by atoms with Crippen molar-refractivity contribution in [1.82, 2.24) is 5.32 Å². The van der Waals surface area contributed by atoms with Gasteiger partial charge in [-0.05, 0) is 12.8 Å². The number of aliphatic hydroxyl groups excluding tert-OH is 1. The monoisotopic (exact) mass is 145 g/mol. The summed E-state index contributed by atoms with van der Waals surface area (Å²) in [4.78, 5) is 10.3. The fourth-order valence-corrected chi connectivity index (χ4v) is 0.737. The van der Waals surface area contributed by atoms with Crippen LogP contribution < -0.4 is 5.32 Å². The minimum Gasteiger partial charge on any atom is -0.480 e. The Labute approximate surface area is 58.9 Å². The minimum atomic E-state index is -0.977. The van der Waals surface area contributed by atoms with Crippen LogP contribution in [0.4, 0.5) is 0 Å². The second kappa shape index (κ2) is 2.98. The van der Waals surface area contributed by atoms with E-state index in [4.69, 9.17) is 10.2 Å². The quantitative estimate of drug-likeness (QED) is 0.483. The average Bonchev–Trinajstić information content (AvgIpc) is 2.64. The summed E-state index contributed by atoms with van der Waals surface area (Å²) in [6.45, 7) is -0.328. The molecule has 0 bridgehead atoms. The van der Waals surface area contributed by atoms with Crippen molar-refractivity contribution in [3.8, 4) is 0 Å². The van der Waals surface area contributed by atoms with Gasteiger partial charge < -0.3 is 10.2 Å². The third-order valence-electron chi connectivity index (χ3n) is 1.49. The fraction of sp³-hybridized carbons (Fsp3) is 0.833. The van der Waals surface area contributed by atoms with Gasteiger partial charge in [-0.15, -0.1) is 0 Å². The molecule has 1 aliphatic carbocycles. The van der Waals surface area contributed by atoms with Gasteiger partial charge in [0.15, 0.2) is 0 Å². The summed E-state index contributed by atoms with van der Waals surface area (Å²) in [6.07, 6.45) is 2.06. The molecule has 58 valence electrons. The summed E-state index contributed by atoms with van der Waals surface area (Å²) in [6, 6.07) is -0.444. The standard InChI is InChI=1S/C6H11NO3/c8-3-5(6(9)10)7-4-1-2-4/h4-5,7-8H,1-3H2,(H,9,10)/t5-/m0/s1. The highest BCUT2D eigenvalue weighted by atomic mass is 16.4. The van der Waals surface area contributed by atoms with Crippen molar-refractivity contribution in [2.24, 2.45) is 0 Å². The van der Waals surface area contributed by atoms with Crippen LogP contribution in [0.5, 0.6) is 0 Å². The van der Waals surface area contributed by atoms with Crippen molar-refractivity contribution >= 4 is 5.97 Å². The lowest BCUT2D eigenvalue weighted by atomic mass is 10.3. The molecule has 0 aliphatic heterocycles. The third-order valence-corrected chi connectivity index (χ3v) is 1.49. The summed E-state index contributed by atoms with van der Waals surface area (Å²) in [5.41, 5.74) is 0. The Kier molecular flexibility index (Phi) is 2.24. The van der Waals surface area contributed by atoms with Crippen molar-refractivity contribution in [3.63, 3.8) is 0 Å².